The van der Waals surface area contributed by atoms with E-state index in [2.05, 4.69) is 15.1 Å². The maximum atomic E-state index is 12.8. The van der Waals surface area contributed by atoms with Crippen LogP contribution >= 0.6 is 11.3 Å². The number of nitrogen functional groups attached to an aromatic ring is 1. The van der Waals surface area contributed by atoms with Crippen LogP contribution in [0.1, 0.15) is 0 Å². The summed E-state index contributed by atoms with van der Waals surface area (Å²) in [4.78, 5) is 14.0. The minimum atomic E-state index is -1.26. The zero-order valence-corrected chi connectivity index (χ0v) is 18.2. The van der Waals surface area contributed by atoms with Crippen molar-refractivity contribution in [3.8, 4) is 22.4 Å². The maximum Gasteiger partial charge on any atom is 0.252 e. The highest BCUT2D eigenvalue weighted by Crippen LogP contribution is 2.42. The van der Waals surface area contributed by atoms with E-state index >= 15 is 0 Å². The van der Waals surface area contributed by atoms with Gasteiger partial charge in [-0.2, -0.15) is 10.1 Å². The summed E-state index contributed by atoms with van der Waals surface area (Å²) in [7, 11) is 0.327. The average Bonchev–Trinajstić information content (AvgIpc) is 3.41. The zero-order chi connectivity index (χ0) is 21.4. The molecule has 0 aliphatic rings. The molecule has 0 aliphatic carbocycles. The number of ether oxygens (including phenoxy) is 1. The number of anilines is 1. The summed E-state index contributed by atoms with van der Waals surface area (Å²) in [6.07, 6.45) is 5.02. The summed E-state index contributed by atoms with van der Waals surface area (Å²) in [5.74, 6) is 0.901. The number of rotatable bonds is 6. The molecule has 4 aromatic heterocycles. The van der Waals surface area contributed by atoms with Crippen molar-refractivity contribution in [1.29, 1.82) is 0 Å². The van der Waals surface area contributed by atoms with Gasteiger partial charge in [-0.15, -0.1) is 11.3 Å². The van der Waals surface area contributed by atoms with Crippen molar-refractivity contribution in [1.82, 2.24) is 24.6 Å². The van der Waals surface area contributed by atoms with Gasteiger partial charge in [0, 0.05) is 30.5 Å². The molecule has 0 saturated carbocycles. The molecule has 0 bridgehead atoms. The number of hydrogen-bond acceptors (Lipinski definition) is 8. The molecule has 5 rings (SSSR count). The van der Waals surface area contributed by atoms with Crippen LogP contribution in [0.5, 0.6) is 0 Å². The molecule has 0 fully saturated rings. The van der Waals surface area contributed by atoms with Crippen molar-refractivity contribution in [3.63, 3.8) is 0 Å². The Morgan fingerprint density at radius 1 is 1.19 bits per heavy atom. The molecular weight excluding hydrogens is 432 g/mol. The van der Waals surface area contributed by atoms with Crippen LogP contribution in [0.25, 0.3) is 38.4 Å². The first-order chi connectivity index (χ1) is 15.2. The molecule has 1 aromatic carbocycles. The third kappa shape index (κ3) is 3.58. The summed E-state index contributed by atoms with van der Waals surface area (Å²) >= 11 is 1.36. The van der Waals surface area contributed by atoms with Crippen LogP contribution in [0.15, 0.2) is 59.3 Å². The number of nitrogens with two attached hydrogens (primary N) is 1. The van der Waals surface area contributed by atoms with Crippen LogP contribution in [-0.2, 0) is 15.5 Å². The number of thiophene rings is 1. The molecule has 8 nitrogen and oxygen atoms in total. The minimum Gasteiger partial charge on any atom is -0.396 e. The Hall–Kier alpha value is -3.21. The Morgan fingerprint density at radius 3 is 2.84 bits per heavy atom. The number of hydrogen-bond donors (Lipinski definition) is 1. The third-order valence-electron chi connectivity index (χ3n) is 4.86. The predicted octanol–water partition coefficient (Wildman–Crippen LogP) is 3.40. The van der Waals surface area contributed by atoms with Gasteiger partial charge < -0.3 is 10.5 Å². The van der Waals surface area contributed by atoms with Crippen LogP contribution in [0.4, 0.5) is 5.69 Å². The SMILES string of the molecule is COCCS(=O)c1sc2nc(-c3cnc4ncnn4c3)cc(-c3ccccc3)c2c1N. The van der Waals surface area contributed by atoms with E-state index < -0.39 is 10.8 Å². The highest BCUT2D eigenvalue weighted by Gasteiger charge is 2.21. The van der Waals surface area contributed by atoms with Crippen molar-refractivity contribution in [3.05, 3.63) is 55.1 Å². The van der Waals surface area contributed by atoms with E-state index in [1.54, 1.807) is 17.8 Å². The fraction of sp³-hybridized carbons (Fsp3) is 0.143. The second-order valence-corrected chi connectivity index (χ2v) is 9.56. The smallest absolute Gasteiger partial charge is 0.252 e. The largest absolute Gasteiger partial charge is 0.396 e. The Labute approximate surface area is 184 Å². The molecule has 0 amide bonds. The quantitative estimate of drug-likeness (QED) is 0.422. The number of benzene rings is 1. The normalized spacial score (nSPS) is 12.5. The van der Waals surface area contributed by atoms with Crippen molar-refractivity contribution >= 4 is 43.8 Å². The lowest BCUT2D eigenvalue weighted by molar-refractivity contribution is 0.218. The van der Waals surface area contributed by atoms with Gasteiger partial charge in [-0.3, -0.25) is 4.21 Å². The Kier molecular flexibility index (Phi) is 5.18. The molecule has 1 atom stereocenters. The molecule has 31 heavy (non-hydrogen) atoms. The number of fused-ring (bicyclic) bond motifs is 2. The summed E-state index contributed by atoms with van der Waals surface area (Å²) in [6.45, 7) is 0.397. The zero-order valence-electron chi connectivity index (χ0n) is 16.6. The standard InChI is InChI=1S/C21H18N6O2S2/c1-29-7-8-31(28)20-18(22)17-15(13-5-3-2-4-6-13)9-16(26-19(17)30-20)14-10-23-21-24-12-25-27(21)11-14/h2-6,9-12H,7-8,22H2,1H3. The summed E-state index contributed by atoms with van der Waals surface area (Å²) < 4.78 is 20.1. The van der Waals surface area contributed by atoms with Crippen LogP contribution in [0.3, 0.4) is 0 Å². The molecule has 0 saturated heterocycles. The van der Waals surface area contributed by atoms with Crippen LogP contribution in [-0.4, -0.2) is 48.2 Å². The summed E-state index contributed by atoms with van der Waals surface area (Å²) in [6, 6.07) is 12.0. The van der Waals surface area contributed by atoms with Crippen molar-refractivity contribution in [2.75, 3.05) is 25.2 Å². The minimum absolute atomic E-state index is 0.383. The monoisotopic (exact) mass is 450 g/mol. The van der Waals surface area contributed by atoms with Gasteiger partial charge in [0.15, 0.2) is 0 Å². The van der Waals surface area contributed by atoms with Gasteiger partial charge in [0.1, 0.15) is 15.4 Å². The summed E-state index contributed by atoms with van der Waals surface area (Å²) in [5.41, 5.74) is 10.5. The number of aromatic nitrogens is 5. The molecule has 5 aromatic rings. The topological polar surface area (TPSA) is 108 Å². The van der Waals surface area contributed by atoms with Crippen LogP contribution in [0, 0.1) is 0 Å². The molecule has 0 aliphatic heterocycles. The third-order valence-corrected chi connectivity index (χ3v) is 7.73. The first kappa shape index (κ1) is 19.7. The Balaban J connectivity index is 1.73. The first-order valence-electron chi connectivity index (χ1n) is 9.47. The highest BCUT2D eigenvalue weighted by atomic mass is 32.2. The van der Waals surface area contributed by atoms with Crippen LogP contribution < -0.4 is 5.73 Å². The average molecular weight is 451 g/mol. The van der Waals surface area contributed by atoms with Crippen molar-refractivity contribution in [2.45, 2.75) is 4.21 Å². The summed E-state index contributed by atoms with van der Waals surface area (Å²) in [5, 5.41) is 4.98. The molecule has 4 heterocycles. The van der Waals surface area contributed by atoms with E-state index in [1.807, 2.05) is 42.6 Å². The molecule has 156 valence electrons. The lowest BCUT2D eigenvalue weighted by Gasteiger charge is -2.09. The van der Waals surface area contributed by atoms with Gasteiger partial charge in [0.2, 0.25) is 0 Å². The maximum absolute atomic E-state index is 12.8. The van der Waals surface area contributed by atoms with Crippen molar-refractivity contribution < 1.29 is 8.95 Å². The van der Waals surface area contributed by atoms with Gasteiger partial charge in [0.25, 0.3) is 5.78 Å². The Morgan fingerprint density at radius 2 is 2.03 bits per heavy atom. The lowest BCUT2D eigenvalue weighted by Crippen LogP contribution is -2.04. The number of pyridine rings is 1. The van der Waals surface area contributed by atoms with Gasteiger partial charge >= 0.3 is 0 Å². The first-order valence-corrected chi connectivity index (χ1v) is 11.6. The van der Waals surface area contributed by atoms with E-state index in [-0.39, 0.29) is 0 Å². The lowest BCUT2D eigenvalue weighted by atomic mass is 10.0. The van der Waals surface area contributed by atoms with Gasteiger partial charge in [-0.05, 0) is 17.2 Å². The second-order valence-electron chi connectivity index (χ2n) is 6.79. The second kappa shape index (κ2) is 8.14. The number of methoxy groups -OCH3 is 1. The molecule has 0 spiro atoms. The van der Waals surface area contributed by atoms with Gasteiger partial charge in [0.05, 0.1) is 34.5 Å². The van der Waals surface area contributed by atoms with Crippen LogP contribution in [0.2, 0.25) is 0 Å². The van der Waals surface area contributed by atoms with E-state index in [4.69, 9.17) is 15.5 Å². The van der Waals surface area contributed by atoms with E-state index in [1.165, 1.54) is 17.7 Å². The molecular formula is C21H18N6O2S2. The fourth-order valence-electron chi connectivity index (χ4n) is 3.37. The van der Waals surface area contributed by atoms with E-state index in [0.29, 0.717) is 28.0 Å². The van der Waals surface area contributed by atoms with Gasteiger partial charge in [-0.25, -0.2) is 14.5 Å². The Bertz CT molecular complexity index is 1410. The van der Waals surface area contributed by atoms with E-state index in [0.717, 1.165) is 32.6 Å². The molecule has 1 unspecified atom stereocenters. The molecule has 10 heteroatoms. The highest BCUT2D eigenvalue weighted by molar-refractivity contribution is 7.87. The molecule has 2 N–H and O–H groups in total. The van der Waals surface area contributed by atoms with Crippen molar-refractivity contribution in [2.24, 2.45) is 0 Å². The fourth-order valence-corrected chi connectivity index (χ4v) is 5.93. The molecule has 0 radical (unpaired) electrons. The number of nitrogens with zero attached hydrogens (tertiary/aromatic N) is 5. The van der Waals surface area contributed by atoms with E-state index in [9.17, 15) is 4.21 Å². The van der Waals surface area contributed by atoms with Gasteiger partial charge in [-0.1, -0.05) is 30.3 Å². The predicted molar refractivity (Wildman–Crippen MR) is 122 cm³/mol.